The van der Waals surface area contributed by atoms with Gasteiger partial charge >= 0.3 is 0 Å². The van der Waals surface area contributed by atoms with E-state index in [1.165, 1.54) is 134 Å². The number of anilines is 6. The lowest BCUT2D eigenvalue weighted by molar-refractivity contribution is 0.196. The molecule has 5 aliphatic rings. The van der Waals surface area contributed by atoms with Crippen LogP contribution in [0.2, 0.25) is 0 Å². The molecule has 3 heterocycles. The summed E-state index contributed by atoms with van der Waals surface area (Å²) < 4.78 is 2.85. The van der Waals surface area contributed by atoms with E-state index in [2.05, 4.69) is 190 Å². The highest BCUT2D eigenvalue weighted by Crippen LogP contribution is 2.58. The van der Waals surface area contributed by atoms with Gasteiger partial charge in [-0.2, -0.15) is 0 Å². The van der Waals surface area contributed by atoms with Crippen LogP contribution in [0.5, 0.6) is 0 Å². The first-order valence-electron chi connectivity index (χ1n) is 24.9. The molecule has 64 heavy (non-hydrogen) atoms. The number of thiophene rings is 1. The Hall–Kier alpha value is -4.28. The number of nitrogens with zero attached hydrogens (tertiary/aromatic N) is 2. The molecule has 6 aromatic rings. The second-order valence-corrected chi connectivity index (χ2v) is 26.4. The van der Waals surface area contributed by atoms with Gasteiger partial charge in [0.2, 0.25) is 0 Å². The van der Waals surface area contributed by atoms with Gasteiger partial charge in [0.1, 0.15) is 0 Å². The van der Waals surface area contributed by atoms with Gasteiger partial charge in [0, 0.05) is 43.3 Å². The number of rotatable bonds is 3. The molecule has 11 rings (SSSR count). The summed E-state index contributed by atoms with van der Waals surface area (Å²) in [4.78, 5) is 5.45. The second-order valence-electron chi connectivity index (χ2n) is 25.3. The lowest BCUT2D eigenvalue weighted by Gasteiger charge is -2.45. The third kappa shape index (κ3) is 6.85. The van der Waals surface area contributed by atoms with E-state index in [1.54, 1.807) is 5.56 Å². The van der Waals surface area contributed by atoms with E-state index in [0.29, 0.717) is 0 Å². The molecule has 2 aliphatic heterocycles. The molecule has 5 aromatic carbocycles. The molecule has 0 amide bonds. The minimum Gasteiger partial charge on any atom is -0.311 e. The minimum absolute atomic E-state index is 0.0106. The van der Waals surface area contributed by atoms with Crippen LogP contribution >= 0.6 is 11.3 Å². The van der Waals surface area contributed by atoms with Crippen LogP contribution in [0.15, 0.2) is 97.1 Å². The van der Waals surface area contributed by atoms with E-state index in [1.807, 2.05) is 11.3 Å². The van der Waals surface area contributed by atoms with Crippen LogP contribution in [0.25, 0.3) is 10.1 Å². The first-order chi connectivity index (χ1) is 30.2. The molecule has 1 aromatic heterocycles. The summed E-state index contributed by atoms with van der Waals surface area (Å²) in [6.45, 7) is 28.4. The number of benzene rings is 5. The molecule has 4 heteroatoms. The van der Waals surface area contributed by atoms with Crippen molar-refractivity contribution in [2.24, 2.45) is 17.8 Å². The molecule has 2 nitrogen and oxygen atoms in total. The van der Waals surface area contributed by atoms with E-state index in [0.717, 1.165) is 17.8 Å². The molecule has 330 valence electrons. The highest BCUT2D eigenvalue weighted by atomic mass is 32.1. The predicted octanol–water partition coefficient (Wildman–Crippen LogP) is 15.4. The molecular weight excluding hydrogens is 792 g/mol. The van der Waals surface area contributed by atoms with Gasteiger partial charge in [-0.25, -0.2) is 0 Å². The van der Waals surface area contributed by atoms with Crippen LogP contribution in [-0.2, 0) is 27.1 Å². The third-order valence-corrected chi connectivity index (χ3v) is 18.0. The summed E-state index contributed by atoms with van der Waals surface area (Å²) >= 11 is 2.04. The first-order valence-corrected chi connectivity index (χ1v) is 25.7. The number of fused-ring (bicyclic) bond motifs is 9. The number of hydrogen-bond acceptors (Lipinski definition) is 3. The summed E-state index contributed by atoms with van der Waals surface area (Å²) in [5.74, 6) is 2.65. The van der Waals surface area contributed by atoms with Gasteiger partial charge in [-0.1, -0.05) is 126 Å². The van der Waals surface area contributed by atoms with Crippen molar-refractivity contribution in [3.05, 3.63) is 125 Å². The van der Waals surface area contributed by atoms with Crippen molar-refractivity contribution in [1.29, 1.82) is 0 Å². The lowest BCUT2D eigenvalue weighted by atomic mass is 9.36. The highest BCUT2D eigenvalue weighted by molar-refractivity contribution is 7.33. The van der Waals surface area contributed by atoms with Crippen molar-refractivity contribution in [2.45, 2.75) is 162 Å². The molecular formula is C60H71BN2S. The Morgan fingerprint density at radius 1 is 0.516 bits per heavy atom. The van der Waals surface area contributed by atoms with Crippen molar-refractivity contribution < 1.29 is 0 Å². The molecule has 0 saturated heterocycles. The van der Waals surface area contributed by atoms with Gasteiger partial charge in [-0.3, -0.25) is 0 Å². The predicted molar refractivity (Wildman–Crippen MR) is 280 cm³/mol. The van der Waals surface area contributed by atoms with Crippen molar-refractivity contribution in [1.82, 2.24) is 0 Å². The zero-order valence-corrected chi connectivity index (χ0v) is 41.8. The van der Waals surface area contributed by atoms with Gasteiger partial charge in [-0.05, 0) is 190 Å². The number of hydrogen-bond donors (Lipinski definition) is 0. The van der Waals surface area contributed by atoms with Crippen LogP contribution in [0, 0.1) is 17.8 Å². The van der Waals surface area contributed by atoms with Crippen LogP contribution < -0.4 is 25.5 Å². The average Bonchev–Trinajstić information content (AvgIpc) is 3.47. The fourth-order valence-corrected chi connectivity index (χ4v) is 14.4. The summed E-state index contributed by atoms with van der Waals surface area (Å²) in [7, 11) is 0. The van der Waals surface area contributed by atoms with Gasteiger partial charge < -0.3 is 9.80 Å². The first kappa shape index (κ1) is 42.4. The average molecular weight is 863 g/mol. The van der Waals surface area contributed by atoms with Gasteiger partial charge in [0.25, 0.3) is 6.71 Å². The molecule has 0 radical (unpaired) electrons. The molecule has 3 fully saturated rings. The molecule has 4 bridgehead atoms. The fourth-order valence-electron chi connectivity index (χ4n) is 13.1. The quantitative estimate of drug-likeness (QED) is 0.163. The SMILES string of the molecule is CC(C)(C)c1ccc(N2c3ccc(C(C)(C)C)cc3B3c4sc5ccc(C(C)(C)C)cc5c4N(c4ccc(C(C)(C)C)cc4)c4cc(C56CCC7CC(CC5)CC(C7)C6)cc2c43)cc1. The van der Waals surface area contributed by atoms with E-state index >= 15 is 0 Å². The van der Waals surface area contributed by atoms with E-state index in [9.17, 15) is 0 Å². The summed E-state index contributed by atoms with van der Waals surface area (Å²) in [6, 6.07) is 39.8. The molecule has 2 atom stereocenters. The Morgan fingerprint density at radius 2 is 1.00 bits per heavy atom. The lowest BCUT2D eigenvalue weighted by Crippen LogP contribution is -2.60. The van der Waals surface area contributed by atoms with Gasteiger partial charge in [0.05, 0.1) is 5.69 Å². The fraction of sp³-hybridized carbons (Fsp3) is 0.467. The van der Waals surface area contributed by atoms with Crippen LogP contribution in [0.4, 0.5) is 34.1 Å². The monoisotopic (exact) mass is 863 g/mol. The minimum atomic E-state index is 0.0106. The smallest absolute Gasteiger partial charge is 0.264 e. The summed E-state index contributed by atoms with van der Waals surface area (Å²) in [5.41, 5.74) is 18.4. The van der Waals surface area contributed by atoms with Crippen molar-refractivity contribution >= 4 is 78.0 Å². The maximum absolute atomic E-state index is 2.77. The highest BCUT2D eigenvalue weighted by Gasteiger charge is 2.50. The topological polar surface area (TPSA) is 6.48 Å². The Bertz CT molecular complexity index is 2780. The standard InChI is InChI=1S/C60H71BN2S/c1-56(2,3)40-13-19-45(20-14-40)62-49-23-17-43(59(10,11)12)33-48(49)61-53-50(62)34-44(60-27-25-37-29-38(26-28-60)31-39(30-37)36-60)35-51(53)63(46-21-15-41(16-22-46)57(4,5)6)54-47-32-42(58(7,8)9)18-24-52(47)64-55(54)61/h13-24,32-35,37-39H,25-31,36H2,1-12H3. The Labute approximate surface area is 390 Å². The van der Waals surface area contributed by atoms with Crippen molar-refractivity contribution in [3.63, 3.8) is 0 Å². The second kappa shape index (κ2) is 14.4. The zero-order chi connectivity index (χ0) is 44.9. The van der Waals surface area contributed by atoms with Crippen LogP contribution in [0.1, 0.15) is 162 Å². The van der Waals surface area contributed by atoms with Crippen molar-refractivity contribution in [2.75, 3.05) is 9.80 Å². The van der Waals surface area contributed by atoms with Crippen LogP contribution in [-0.4, -0.2) is 6.71 Å². The summed E-state index contributed by atoms with van der Waals surface area (Å²) in [5, 5.41) is 1.39. The zero-order valence-electron chi connectivity index (χ0n) is 41.0. The molecule has 2 unspecified atom stereocenters. The molecule has 0 N–H and O–H groups in total. The van der Waals surface area contributed by atoms with Crippen LogP contribution in [0.3, 0.4) is 0 Å². The molecule has 0 spiro atoms. The Kier molecular flexibility index (Phi) is 9.51. The van der Waals surface area contributed by atoms with E-state index in [-0.39, 0.29) is 33.8 Å². The Balaban J connectivity index is 1.26. The Morgan fingerprint density at radius 3 is 1.56 bits per heavy atom. The normalized spacial score (nSPS) is 22.9. The maximum Gasteiger partial charge on any atom is 0.264 e. The van der Waals surface area contributed by atoms with E-state index < -0.39 is 0 Å². The maximum atomic E-state index is 2.77. The molecule has 3 saturated carbocycles. The van der Waals surface area contributed by atoms with Gasteiger partial charge in [0.15, 0.2) is 0 Å². The van der Waals surface area contributed by atoms with Crippen molar-refractivity contribution in [3.8, 4) is 0 Å². The third-order valence-electron chi connectivity index (χ3n) is 16.7. The summed E-state index contributed by atoms with van der Waals surface area (Å²) in [6.07, 6.45) is 11.1. The largest absolute Gasteiger partial charge is 0.311 e. The van der Waals surface area contributed by atoms with Gasteiger partial charge in [-0.15, -0.1) is 11.3 Å². The van der Waals surface area contributed by atoms with E-state index in [4.69, 9.17) is 0 Å². The molecule has 3 aliphatic carbocycles.